The summed E-state index contributed by atoms with van der Waals surface area (Å²) in [5.74, 6) is -0.434. The van der Waals surface area contributed by atoms with E-state index in [2.05, 4.69) is 10.3 Å². The molecule has 0 bridgehead atoms. The van der Waals surface area contributed by atoms with Gasteiger partial charge in [-0.05, 0) is 31.5 Å². The van der Waals surface area contributed by atoms with Crippen LogP contribution in [0.4, 0.5) is 11.4 Å². The molecule has 0 aliphatic rings. The van der Waals surface area contributed by atoms with Crippen LogP contribution in [0.15, 0.2) is 46.8 Å². The maximum atomic E-state index is 12.3. The number of nitrogens with one attached hydrogen (secondary N) is 1. The van der Waals surface area contributed by atoms with Crippen LogP contribution in [-0.4, -0.2) is 33.6 Å². The Morgan fingerprint density at radius 2 is 2.10 bits per heavy atom. The highest BCUT2D eigenvalue weighted by Crippen LogP contribution is 2.30. The van der Waals surface area contributed by atoms with Crippen molar-refractivity contribution in [2.24, 2.45) is 0 Å². The van der Waals surface area contributed by atoms with Crippen LogP contribution < -0.4 is 5.32 Å². The number of halogens is 1. The summed E-state index contributed by atoms with van der Waals surface area (Å²) in [6, 6.07) is 11.6. The first kappa shape index (κ1) is 23.0. The van der Waals surface area contributed by atoms with Gasteiger partial charge in [0.25, 0.3) is 11.6 Å². The fraction of sp³-hybridized carbons (Fsp3) is 0.250. The molecule has 1 aromatic heterocycles. The highest BCUT2D eigenvalue weighted by molar-refractivity contribution is 8.01. The largest absolute Gasteiger partial charge is 0.453 e. The van der Waals surface area contributed by atoms with Gasteiger partial charge in [0.15, 0.2) is 10.4 Å². The lowest BCUT2D eigenvalue weighted by molar-refractivity contribution is -0.384. The summed E-state index contributed by atoms with van der Waals surface area (Å²) >= 11 is 9.14. The number of hydrogen-bond donors (Lipinski definition) is 1. The number of rotatable bonds is 9. The van der Waals surface area contributed by atoms with Gasteiger partial charge in [-0.25, -0.2) is 4.98 Å². The number of benzene rings is 2. The Hall–Kier alpha value is -2.69. The molecule has 162 valence electrons. The van der Waals surface area contributed by atoms with Gasteiger partial charge in [0.2, 0.25) is 0 Å². The van der Waals surface area contributed by atoms with E-state index in [1.807, 2.05) is 24.3 Å². The first-order chi connectivity index (χ1) is 14.8. The van der Waals surface area contributed by atoms with Crippen molar-refractivity contribution in [3.8, 4) is 0 Å². The number of carbonyl (C=O) groups is 2. The maximum Gasteiger partial charge on any atom is 0.306 e. The van der Waals surface area contributed by atoms with Crippen molar-refractivity contribution in [2.75, 3.05) is 11.1 Å². The first-order valence-corrected chi connectivity index (χ1v) is 11.4. The van der Waals surface area contributed by atoms with E-state index in [1.165, 1.54) is 19.1 Å². The van der Waals surface area contributed by atoms with Gasteiger partial charge in [-0.3, -0.25) is 19.7 Å². The summed E-state index contributed by atoms with van der Waals surface area (Å²) in [4.78, 5) is 39.1. The maximum absolute atomic E-state index is 12.3. The van der Waals surface area contributed by atoms with Gasteiger partial charge in [0, 0.05) is 24.3 Å². The molecule has 1 unspecified atom stereocenters. The molecule has 1 amide bonds. The lowest BCUT2D eigenvalue weighted by Gasteiger charge is -2.14. The number of carbonyl (C=O) groups excluding carboxylic acids is 2. The second kappa shape index (κ2) is 10.6. The zero-order valence-corrected chi connectivity index (χ0v) is 18.8. The quantitative estimate of drug-likeness (QED) is 0.146. The smallest absolute Gasteiger partial charge is 0.306 e. The predicted molar refractivity (Wildman–Crippen MR) is 122 cm³/mol. The van der Waals surface area contributed by atoms with E-state index in [4.69, 9.17) is 16.3 Å². The monoisotopic (exact) mass is 479 g/mol. The number of aromatic nitrogens is 1. The first-order valence-electron chi connectivity index (χ1n) is 9.26. The van der Waals surface area contributed by atoms with E-state index in [0.29, 0.717) is 12.2 Å². The van der Waals surface area contributed by atoms with E-state index in [-0.39, 0.29) is 22.8 Å². The summed E-state index contributed by atoms with van der Waals surface area (Å²) in [5, 5.41) is 13.5. The fourth-order valence-corrected chi connectivity index (χ4v) is 4.80. The third-order valence-electron chi connectivity index (χ3n) is 4.12. The number of para-hydroxylation sites is 1. The number of ether oxygens (including phenoxy) is 1. The Morgan fingerprint density at radius 3 is 2.84 bits per heavy atom. The van der Waals surface area contributed by atoms with E-state index < -0.39 is 22.9 Å². The number of thioether (sulfide) groups is 1. The number of non-ortho nitro benzene ring substituents is 1. The van der Waals surface area contributed by atoms with Crippen molar-refractivity contribution in [1.29, 1.82) is 0 Å². The molecule has 8 nitrogen and oxygen atoms in total. The van der Waals surface area contributed by atoms with Crippen molar-refractivity contribution < 1.29 is 19.2 Å². The molecule has 0 spiro atoms. The van der Waals surface area contributed by atoms with Crippen molar-refractivity contribution in [2.45, 2.75) is 30.2 Å². The van der Waals surface area contributed by atoms with Crippen LogP contribution in [0.3, 0.4) is 0 Å². The van der Waals surface area contributed by atoms with Crippen LogP contribution in [0.1, 0.15) is 19.8 Å². The molecule has 1 atom stereocenters. The van der Waals surface area contributed by atoms with Crippen LogP contribution in [0.2, 0.25) is 5.02 Å². The van der Waals surface area contributed by atoms with E-state index in [0.717, 1.165) is 20.6 Å². The molecule has 0 fully saturated rings. The van der Waals surface area contributed by atoms with Gasteiger partial charge in [-0.1, -0.05) is 35.5 Å². The summed E-state index contributed by atoms with van der Waals surface area (Å²) in [6.45, 7) is 1.42. The molecule has 3 aromatic rings. The molecule has 0 aliphatic carbocycles. The van der Waals surface area contributed by atoms with Crippen LogP contribution in [0.5, 0.6) is 0 Å². The summed E-state index contributed by atoms with van der Waals surface area (Å²) in [7, 11) is 0. The second-order valence-corrected chi connectivity index (χ2v) is 9.22. The molecule has 1 N–H and O–H groups in total. The highest BCUT2D eigenvalue weighted by atomic mass is 35.5. The average molecular weight is 480 g/mol. The number of amides is 1. The van der Waals surface area contributed by atoms with Crippen molar-refractivity contribution in [3.63, 3.8) is 0 Å². The number of fused-ring (bicyclic) bond motifs is 1. The average Bonchev–Trinajstić information content (AvgIpc) is 3.15. The summed E-state index contributed by atoms with van der Waals surface area (Å²) in [5.41, 5.74) is 0.823. The lowest BCUT2D eigenvalue weighted by Crippen LogP contribution is -2.30. The molecule has 3 rings (SSSR count). The highest BCUT2D eigenvalue weighted by Gasteiger charge is 2.20. The summed E-state index contributed by atoms with van der Waals surface area (Å²) < 4.78 is 7.21. The Balaban J connectivity index is 1.43. The number of hydrogen-bond acceptors (Lipinski definition) is 8. The van der Waals surface area contributed by atoms with Gasteiger partial charge in [0.05, 0.1) is 25.8 Å². The molecule has 1 heterocycles. The number of nitro groups is 1. The molecule has 0 aliphatic heterocycles. The van der Waals surface area contributed by atoms with Crippen molar-refractivity contribution in [1.82, 2.24) is 4.98 Å². The molecular formula is C20H18ClN3O5S2. The van der Waals surface area contributed by atoms with Crippen molar-refractivity contribution >= 4 is 68.2 Å². The third kappa shape index (κ3) is 6.39. The van der Waals surface area contributed by atoms with E-state index >= 15 is 0 Å². The van der Waals surface area contributed by atoms with Gasteiger partial charge >= 0.3 is 5.97 Å². The van der Waals surface area contributed by atoms with Crippen LogP contribution in [0, 0.1) is 10.1 Å². The Morgan fingerprint density at radius 1 is 1.32 bits per heavy atom. The zero-order valence-electron chi connectivity index (χ0n) is 16.4. The number of nitrogens with zero attached hydrogens (tertiary/aromatic N) is 2. The third-order valence-corrected chi connectivity index (χ3v) is 6.72. The summed E-state index contributed by atoms with van der Waals surface area (Å²) in [6.07, 6.45) is -0.336. The van der Waals surface area contributed by atoms with Gasteiger partial charge in [0.1, 0.15) is 0 Å². The topological polar surface area (TPSA) is 111 Å². The fourth-order valence-electron chi connectivity index (χ4n) is 2.56. The standard InChI is InChI=1S/C20H18ClN3O5S2/c1-12(19(26)22-16-11-13(24(27)28)8-9-14(16)21)29-18(25)7-4-10-30-20-23-15-5-2-3-6-17(15)31-20/h2-3,5-6,8-9,11-12H,4,7,10H2,1H3,(H,22,26). The van der Waals surface area contributed by atoms with E-state index in [9.17, 15) is 19.7 Å². The normalized spacial score (nSPS) is 11.8. The predicted octanol–water partition coefficient (Wildman–Crippen LogP) is 5.30. The van der Waals surface area contributed by atoms with Gasteiger partial charge in [-0.2, -0.15) is 0 Å². The number of anilines is 1. The Bertz CT molecular complexity index is 1090. The molecule has 0 saturated heterocycles. The number of nitro benzene ring substituents is 1. The van der Waals surface area contributed by atoms with Gasteiger partial charge in [-0.15, -0.1) is 11.3 Å². The molecule has 0 radical (unpaired) electrons. The number of thiazole rings is 1. The molecule has 31 heavy (non-hydrogen) atoms. The van der Waals surface area contributed by atoms with E-state index in [1.54, 1.807) is 23.1 Å². The minimum Gasteiger partial charge on any atom is -0.453 e. The minimum atomic E-state index is -1.07. The molecule has 0 saturated carbocycles. The van der Waals surface area contributed by atoms with Crippen LogP contribution in [0.25, 0.3) is 10.2 Å². The Labute approximate surface area is 191 Å². The van der Waals surface area contributed by atoms with Crippen LogP contribution >= 0.6 is 34.7 Å². The Kier molecular flexibility index (Phi) is 7.83. The molecule has 11 heteroatoms. The molecule has 2 aromatic carbocycles. The van der Waals surface area contributed by atoms with Crippen molar-refractivity contribution in [3.05, 3.63) is 57.6 Å². The zero-order chi connectivity index (χ0) is 22.4. The lowest BCUT2D eigenvalue weighted by atomic mass is 10.2. The second-order valence-electron chi connectivity index (χ2n) is 6.44. The van der Waals surface area contributed by atoms with Gasteiger partial charge < -0.3 is 10.1 Å². The van der Waals surface area contributed by atoms with Crippen LogP contribution in [-0.2, 0) is 14.3 Å². The minimum absolute atomic E-state index is 0.0796. The number of esters is 1. The SMILES string of the molecule is CC(OC(=O)CCCSc1nc2ccccc2s1)C(=O)Nc1cc([N+](=O)[O-])ccc1Cl. The molecular weight excluding hydrogens is 462 g/mol.